The van der Waals surface area contributed by atoms with Gasteiger partial charge in [-0.2, -0.15) is 0 Å². The number of rotatable bonds is 4. The van der Waals surface area contributed by atoms with Crippen molar-refractivity contribution in [2.75, 3.05) is 13.2 Å². The summed E-state index contributed by atoms with van der Waals surface area (Å²) in [5.74, 6) is 0.661. The van der Waals surface area contributed by atoms with Crippen LogP contribution in [0.3, 0.4) is 0 Å². The van der Waals surface area contributed by atoms with Gasteiger partial charge in [-0.25, -0.2) is 0 Å². The third-order valence-corrected chi connectivity index (χ3v) is 3.22. The van der Waals surface area contributed by atoms with Gasteiger partial charge in [0.25, 0.3) is 0 Å². The Morgan fingerprint density at radius 1 is 1.19 bits per heavy atom. The summed E-state index contributed by atoms with van der Waals surface area (Å²) in [5, 5.41) is 0. The number of benzene rings is 1. The van der Waals surface area contributed by atoms with Crippen LogP contribution in [0, 0.1) is 0 Å². The quantitative estimate of drug-likeness (QED) is 0.726. The number of carbonyl (C=O) groups excluding carboxylic acids is 1. The maximum Gasteiger partial charge on any atom is 0.120 e. The molecule has 0 aliphatic carbocycles. The number of ether oxygens (including phenoxy) is 1. The molecule has 2 rings (SSSR count). The molecular formula is C14H18O2. The molecule has 0 aromatic heterocycles. The van der Waals surface area contributed by atoms with Crippen LogP contribution in [0.2, 0.25) is 0 Å². The summed E-state index contributed by atoms with van der Waals surface area (Å²) in [6.45, 7) is 1.77. The van der Waals surface area contributed by atoms with Crippen molar-refractivity contribution in [3.05, 3.63) is 35.4 Å². The molecule has 2 heteroatoms. The highest BCUT2D eigenvalue weighted by Gasteiger charge is 2.15. The number of hydrogen-bond donors (Lipinski definition) is 0. The lowest BCUT2D eigenvalue weighted by molar-refractivity contribution is -0.107. The van der Waals surface area contributed by atoms with Crippen LogP contribution >= 0.6 is 0 Å². The van der Waals surface area contributed by atoms with Gasteiger partial charge in [0.05, 0.1) is 0 Å². The first-order chi connectivity index (χ1) is 7.90. The smallest absolute Gasteiger partial charge is 0.120 e. The van der Waals surface area contributed by atoms with Crippen molar-refractivity contribution in [3.63, 3.8) is 0 Å². The fourth-order valence-electron chi connectivity index (χ4n) is 2.21. The average Bonchev–Trinajstić information content (AvgIpc) is 2.38. The maximum atomic E-state index is 10.3. The van der Waals surface area contributed by atoms with Gasteiger partial charge in [0.1, 0.15) is 6.29 Å². The van der Waals surface area contributed by atoms with Gasteiger partial charge in [-0.15, -0.1) is 0 Å². The molecule has 0 spiro atoms. The normalized spacial score (nSPS) is 17.2. The van der Waals surface area contributed by atoms with Crippen LogP contribution in [0.5, 0.6) is 0 Å². The lowest BCUT2D eigenvalue weighted by Gasteiger charge is -2.22. The van der Waals surface area contributed by atoms with E-state index in [9.17, 15) is 4.79 Å². The molecule has 0 amide bonds. The van der Waals surface area contributed by atoms with Crippen LogP contribution in [0.4, 0.5) is 0 Å². The Labute approximate surface area is 96.6 Å². The summed E-state index contributed by atoms with van der Waals surface area (Å²) in [6, 6.07) is 8.70. The highest BCUT2D eigenvalue weighted by molar-refractivity contribution is 5.50. The molecule has 0 N–H and O–H groups in total. The minimum absolute atomic E-state index is 0.622. The van der Waals surface area contributed by atoms with Gasteiger partial charge in [0.2, 0.25) is 0 Å². The van der Waals surface area contributed by atoms with E-state index in [1.807, 2.05) is 0 Å². The van der Waals surface area contributed by atoms with Gasteiger partial charge in [0.15, 0.2) is 0 Å². The first-order valence-electron chi connectivity index (χ1n) is 6.00. The van der Waals surface area contributed by atoms with E-state index in [2.05, 4.69) is 24.3 Å². The highest BCUT2D eigenvalue weighted by atomic mass is 16.5. The predicted octanol–water partition coefficient (Wildman–Crippen LogP) is 2.71. The Kier molecular flexibility index (Phi) is 4.11. The second-order valence-electron chi connectivity index (χ2n) is 4.33. The van der Waals surface area contributed by atoms with Crippen LogP contribution < -0.4 is 0 Å². The van der Waals surface area contributed by atoms with E-state index in [0.717, 1.165) is 38.8 Å². The number of aryl methyl sites for hydroxylation is 1. The van der Waals surface area contributed by atoms with E-state index < -0.39 is 0 Å². The standard InChI is InChI=1S/C14H18O2/c15-9-1-2-12-3-5-13(6-4-12)14-7-10-16-11-8-14/h3-6,9,14H,1-2,7-8,10-11H2. The zero-order valence-electron chi connectivity index (χ0n) is 9.52. The molecule has 1 aromatic carbocycles. The van der Waals surface area contributed by atoms with Crippen LogP contribution in [0.25, 0.3) is 0 Å². The summed E-state index contributed by atoms with van der Waals surface area (Å²) in [5.41, 5.74) is 2.67. The fraction of sp³-hybridized carbons (Fsp3) is 0.500. The lowest BCUT2D eigenvalue weighted by Crippen LogP contribution is -2.13. The summed E-state index contributed by atoms with van der Waals surface area (Å²) in [6.07, 6.45) is 4.72. The van der Waals surface area contributed by atoms with Crippen molar-refractivity contribution in [3.8, 4) is 0 Å². The Bertz CT molecular complexity index is 323. The zero-order chi connectivity index (χ0) is 11.2. The molecule has 1 saturated heterocycles. The molecular weight excluding hydrogens is 200 g/mol. The van der Waals surface area contributed by atoms with Crippen molar-refractivity contribution in [1.82, 2.24) is 0 Å². The molecule has 1 heterocycles. The van der Waals surface area contributed by atoms with Crippen molar-refractivity contribution in [2.24, 2.45) is 0 Å². The zero-order valence-corrected chi connectivity index (χ0v) is 9.52. The van der Waals surface area contributed by atoms with E-state index in [1.54, 1.807) is 0 Å². The van der Waals surface area contributed by atoms with Gasteiger partial charge in [-0.3, -0.25) is 0 Å². The lowest BCUT2D eigenvalue weighted by atomic mass is 9.91. The van der Waals surface area contributed by atoms with Crippen molar-refractivity contribution in [2.45, 2.75) is 31.6 Å². The summed E-state index contributed by atoms with van der Waals surface area (Å²) in [7, 11) is 0. The first kappa shape index (κ1) is 11.3. The summed E-state index contributed by atoms with van der Waals surface area (Å²) in [4.78, 5) is 10.3. The fourth-order valence-corrected chi connectivity index (χ4v) is 2.21. The van der Waals surface area contributed by atoms with Gasteiger partial charge in [-0.05, 0) is 36.3 Å². The molecule has 2 nitrogen and oxygen atoms in total. The van der Waals surface area contributed by atoms with E-state index in [0.29, 0.717) is 12.3 Å². The molecule has 1 aliphatic rings. The molecule has 0 bridgehead atoms. The van der Waals surface area contributed by atoms with Gasteiger partial charge < -0.3 is 9.53 Å². The SMILES string of the molecule is O=CCCc1ccc(C2CCOCC2)cc1. The van der Waals surface area contributed by atoms with Gasteiger partial charge >= 0.3 is 0 Å². The Balaban J connectivity index is 1.97. The van der Waals surface area contributed by atoms with Crippen LogP contribution in [-0.4, -0.2) is 19.5 Å². The van der Waals surface area contributed by atoms with Crippen molar-refractivity contribution in [1.29, 1.82) is 0 Å². The minimum atomic E-state index is 0.622. The van der Waals surface area contributed by atoms with Gasteiger partial charge in [-0.1, -0.05) is 24.3 Å². The van der Waals surface area contributed by atoms with E-state index >= 15 is 0 Å². The van der Waals surface area contributed by atoms with E-state index in [4.69, 9.17) is 4.74 Å². The van der Waals surface area contributed by atoms with Gasteiger partial charge in [0, 0.05) is 19.6 Å². The first-order valence-corrected chi connectivity index (χ1v) is 6.00. The predicted molar refractivity (Wildman–Crippen MR) is 63.6 cm³/mol. The van der Waals surface area contributed by atoms with Crippen molar-refractivity contribution >= 4 is 6.29 Å². The Morgan fingerprint density at radius 2 is 1.88 bits per heavy atom. The molecule has 1 fully saturated rings. The highest BCUT2D eigenvalue weighted by Crippen LogP contribution is 2.26. The molecule has 0 atom stereocenters. The largest absolute Gasteiger partial charge is 0.381 e. The molecule has 0 unspecified atom stereocenters. The maximum absolute atomic E-state index is 10.3. The third-order valence-electron chi connectivity index (χ3n) is 3.22. The second-order valence-corrected chi connectivity index (χ2v) is 4.33. The number of aldehydes is 1. The summed E-state index contributed by atoms with van der Waals surface area (Å²) >= 11 is 0. The van der Waals surface area contributed by atoms with E-state index in [-0.39, 0.29) is 0 Å². The van der Waals surface area contributed by atoms with Crippen molar-refractivity contribution < 1.29 is 9.53 Å². The molecule has 1 aromatic rings. The third kappa shape index (κ3) is 2.92. The van der Waals surface area contributed by atoms with E-state index in [1.165, 1.54) is 11.1 Å². The molecule has 1 aliphatic heterocycles. The number of hydrogen-bond acceptors (Lipinski definition) is 2. The average molecular weight is 218 g/mol. The van der Waals surface area contributed by atoms with Crippen LogP contribution in [0.15, 0.2) is 24.3 Å². The minimum Gasteiger partial charge on any atom is -0.381 e. The van der Waals surface area contributed by atoms with Crippen LogP contribution in [-0.2, 0) is 16.0 Å². The topological polar surface area (TPSA) is 26.3 Å². The molecule has 0 saturated carbocycles. The second kappa shape index (κ2) is 5.80. The summed E-state index contributed by atoms with van der Waals surface area (Å²) < 4.78 is 5.36. The Hall–Kier alpha value is -1.15. The molecule has 16 heavy (non-hydrogen) atoms. The molecule has 86 valence electrons. The Morgan fingerprint density at radius 3 is 2.50 bits per heavy atom. The number of carbonyl (C=O) groups is 1. The van der Waals surface area contributed by atoms with Crippen LogP contribution in [0.1, 0.15) is 36.3 Å². The monoisotopic (exact) mass is 218 g/mol. The molecule has 0 radical (unpaired) electrons.